The molecule has 1 heterocycles. The first-order valence-electron chi connectivity index (χ1n) is 9.79. The molecule has 1 saturated heterocycles. The summed E-state index contributed by atoms with van der Waals surface area (Å²) in [5.74, 6) is -0.804. The molecule has 0 N–H and O–H groups in total. The highest BCUT2D eigenvalue weighted by Crippen LogP contribution is 2.33. The van der Waals surface area contributed by atoms with E-state index in [0.29, 0.717) is 13.1 Å². The van der Waals surface area contributed by atoms with E-state index in [1.165, 1.54) is 40.7 Å². The summed E-state index contributed by atoms with van der Waals surface area (Å²) in [6.45, 7) is -0.482. The number of carbonyl (C=O) groups excluding carboxylic acids is 1. The third-order valence-electron chi connectivity index (χ3n) is 4.72. The predicted molar refractivity (Wildman–Crippen MR) is 108 cm³/mol. The monoisotopic (exact) mass is 455 g/mol. The first-order valence-corrected chi connectivity index (χ1v) is 11.2. The van der Waals surface area contributed by atoms with Gasteiger partial charge in [0.1, 0.15) is 6.61 Å². The fourth-order valence-corrected chi connectivity index (χ4v) is 4.75. The number of benzene rings is 2. The van der Waals surface area contributed by atoms with E-state index in [2.05, 4.69) is 4.74 Å². The molecule has 31 heavy (non-hydrogen) atoms. The molecule has 2 aromatic rings. The summed E-state index contributed by atoms with van der Waals surface area (Å²) in [4.78, 5) is 12.5. The molecule has 2 aromatic carbocycles. The first kappa shape index (κ1) is 23.0. The topological polar surface area (TPSA) is 82.1 Å². The van der Waals surface area contributed by atoms with Gasteiger partial charge in [-0.15, -0.1) is 0 Å². The van der Waals surface area contributed by atoms with Crippen LogP contribution in [0.2, 0.25) is 0 Å². The number of sulfonamides is 1. The molecule has 0 bridgehead atoms. The van der Waals surface area contributed by atoms with Crippen LogP contribution in [0.25, 0.3) is 0 Å². The van der Waals surface area contributed by atoms with E-state index in [9.17, 15) is 22.0 Å². The fraction of sp³-hybridized carbons (Fsp3) is 0.381. The van der Waals surface area contributed by atoms with Crippen LogP contribution in [0, 0.1) is 0 Å². The van der Waals surface area contributed by atoms with Gasteiger partial charge in [0.15, 0.2) is 11.5 Å². The molecule has 0 radical (unpaired) electrons. The van der Waals surface area contributed by atoms with Crippen molar-refractivity contribution in [2.45, 2.75) is 37.9 Å². The maximum Gasteiger partial charge on any atom is 0.387 e. The Balaban J connectivity index is 1.70. The van der Waals surface area contributed by atoms with E-state index in [-0.39, 0.29) is 40.7 Å². The minimum Gasteiger partial charge on any atom is -0.490 e. The number of ether oxygens (including phenoxy) is 3. The van der Waals surface area contributed by atoms with Gasteiger partial charge in [0, 0.05) is 18.7 Å². The molecule has 10 heteroatoms. The van der Waals surface area contributed by atoms with Crippen molar-refractivity contribution >= 4 is 16.0 Å². The minimum atomic E-state index is -3.58. The zero-order valence-electron chi connectivity index (χ0n) is 16.9. The van der Waals surface area contributed by atoms with E-state index < -0.39 is 22.6 Å². The van der Waals surface area contributed by atoms with E-state index in [0.717, 1.165) is 12.8 Å². The van der Waals surface area contributed by atoms with Crippen LogP contribution in [-0.4, -0.2) is 45.0 Å². The molecule has 0 unspecified atom stereocenters. The number of hydrogen-bond acceptors (Lipinski definition) is 6. The summed E-state index contributed by atoms with van der Waals surface area (Å²) in [6, 6.07) is 9.96. The highest BCUT2D eigenvalue weighted by molar-refractivity contribution is 7.89. The van der Waals surface area contributed by atoms with Crippen molar-refractivity contribution < 1.29 is 36.2 Å². The number of alkyl halides is 2. The quantitative estimate of drug-likeness (QED) is 0.535. The number of esters is 1. The van der Waals surface area contributed by atoms with Gasteiger partial charge in [0.05, 0.1) is 17.1 Å². The Bertz CT molecular complexity index is 1010. The minimum absolute atomic E-state index is 0.1000. The van der Waals surface area contributed by atoms with Gasteiger partial charge in [-0.2, -0.15) is 13.1 Å². The zero-order valence-corrected chi connectivity index (χ0v) is 17.7. The van der Waals surface area contributed by atoms with Gasteiger partial charge < -0.3 is 14.2 Å². The van der Waals surface area contributed by atoms with Crippen molar-refractivity contribution in [3.05, 3.63) is 53.6 Å². The van der Waals surface area contributed by atoms with E-state index in [1.54, 1.807) is 13.0 Å². The Labute approximate surface area is 179 Å². The van der Waals surface area contributed by atoms with Crippen LogP contribution in [0.3, 0.4) is 0 Å². The van der Waals surface area contributed by atoms with E-state index in [4.69, 9.17) is 9.47 Å². The van der Waals surface area contributed by atoms with E-state index >= 15 is 0 Å². The smallest absolute Gasteiger partial charge is 0.387 e. The molecule has 7 nitrogen and oxygen atoms in total. The molecule has 1 aliphatic heterocycles. The van der Waals surface area contributed by atoms with Gasteiger partial charge in [-0.1, -0.05) is 12.1 Å². The average Bonchev–Trinajstić information content (AvgIpc) is 3.29. The molecule has 1 fully saturated rings. The summed E-state index contributed by atoms with van der Waals surface area (Å²) < 4.78 is 67.2. The molecular weight excluding hydrogens is 432 g/mol. The molecule has 0 amide bonds. The average molecular weight is 455 g/mol. The number of carbonyl (C=O) groups is 1. The largest absolute Gasteiger partial charge is 0.490 e. The maximum absolute atomic E-state index is 12.8. The van der Waals surface area contributed by atoms with Crippen molar-refractivity contribution in [3.63, 3.8) is 0 Å². The van der Waals surface area contributed by atoms with Gasteiger partial charge in [-0.25, -0.2) is 13.2 Å². The predicted octanol–water partition coefficient (Wildman–Crippen LogP) is 3.83. The van der Waals surface area contributed by atoms with E-state index in [1.807, 2.05) is 0 Å². The number of nitrogens with zero attached hydrogens (tertiary/aromatic N) is 1. The second-order valence-corrected chi connectivity index (χ2v) is 8.71. The van der Waals surface area contributed by atoms with Gasteiger partial charge in [-0.3, -0.25) is 0 Å². The Morgan fingerprint density at radius 3 is 2.39 bits per heavy atom. The summed E-state index contributed by atoms with van der Waals surface area (Å²) in [5.41, 5.74) is 0.352. The van der Waals surface area contributed by atoms with Crippen LogP contribution in [0.15, 0.2) is 47.4 Å². The second-order valence-electron chi connectivity index (χ2n) is 6.77. The molecule has 0 aromatic heterocycles. The SMILES string of the molecule is CCOc1cccc(COC(=O)c2ccc(S(=O)(=O)N3CCCC3)cc2)c1OC(F)F. The standard InChI is InChI=1S/C21H23F2NO6S/c1-2-28-18-7-5-6-16(19(18)30-21(22)23)14-29-20(25)15-8-10-17(11-9-15)31(26,27)24-12-3-4-13-24/h5-11,21H,2-4,12-14H2,1H3. The third kappa shape index (κ3) is 5.50. The lowest BCUT2D eigenvalue weighted by molar-refractivity contribution is -0.0526. The Morgan fingerprint density at radius 2 is 1.77 bits per heavy atom. The summed E-state index contributed by atoms with van der Waals surface area (Å²) in [5, 5.41) is 0. The Hall–Kier alpha value is -2.72. The van der Waals surface area contributed by atoms with Gasteiger partial charge in [0.25, 0.3) is 0 Å². The molecule has 1 aliphatic rings. The maximum atomic E-state index is 12.8. The second kappa shape index (κ2) is 10.1. The van der Waals surface area contributed by atoms with Crippen molar-refractivity contribution in [1.82, 2.24) is 4.31 Å². The lowest BCUT2D eigenvalue weighted by Crippen LogP contribution is -2.27. The molecule has 0 aliphatic carbocycles. The van der Waals surface area contributed by atoms with Crippen molar-refractivity contribution in [1.29, 1.82) is 0 Å². The van der Waals surface area contributed by atoms with Crippen LogP contribution in [-0.2, 0) is 21.4 Å². The highest BCUT2D eigenvalue weighted by Gasteiger charge is 2.27. The van der Waals surface area contributed by atoms with Gasteiger partial charge >= 0.3 is 12.6 Å². The van der Waals surface area contributed by atoms with Crippen LogP contribution in [0.5, 0.6) is 11.5 Å². The molecule has 3 rings (SSSR count). The van der Waals surface area contributed by atoms with Gasteiger partial charge in [-0.05, 0) is 50.1 Å². The van der Waals surface area contributed by atoms with Gasteiger partial charge in [0.2, 0.25) is 10.0 Å². The molecule has 0 spiro atoms. The molecule has 0 atom stereocenters. The Morgan fingerprint density at radius 1 is 1.10 bits per heavy atom. The lowest BCUT2D eigenvalue weighted by Gasteiger charge is -2.16. The number of rotatable bonds is 9. The summed E-state index contributed by atoms with van der Waals surface area (Å²) in [7, 11) is -3.58. The summed E-state index contributed by atoms with van der Waals surface area (Å²) >= 11 is 0. The molecular formula is C21H23F2NO6S. The van der Waals surface area contributed by atoms with Crippen molar-refractivity contribution in [3.8, 4) is 11.5 Å². The normalized spacial score (nSPS) is 14.6. The highest BCUT2D eigenvalue weighted by atomic mass is 32.2. The fourth-order valence-electron chi connectivity index (χ4n) is 3.23. The van der Waals surface area contributed by atoms with Crippen LogP contribution >= 0.6 is 0 Å². The van der Waals surface area contributed by atoms with Crippen molar-refractivity contribution in [2.75, 3.05) is 19.7 Å². The lowest BCUT2D eigenvalue weighted by atomic mass is 10.2. The first-order chi connectivity index (χ1) is 14.8. The molecule has 0 saturated carbocycles. The summed E-state index contributed by atoms with van der Waals surface area (Å²) in [6.07, 6.45) is 1.65. The third-order valence-corrected chi connectivity index (χ3v) is 6.63. The number of hydrogen-bond donors (Lipinski definition) is 0. The molecule has 168 valence electrons. The Kier molecular flexibility index (Phi) is 7.45. The number of para-hydroxylation sites is 1. The van der Waals surface area contributed by atoms with Crippen LogP contribution in [0.4, 0.5) is 8.78 Å². The van der Waals surface area contributed by atoms with Crippen LogP contribution < -0.4 is 9.47 Å². The zero-order chi connectivity index (χ0) is 22.4. The number of halogens is 2. The van der Waals surface area contributed by atoms with Crippen LogP contribution in [0.1, 0.15) is 35.7 Å². The van der Waals surface area contributed by atoms with Crippen molar-refractivity contribution in [2.24, 2.45) is 0 Å².